The molecule has 0 bridgehead atoms. The second-order valence-corrected chi connectivity index (χ2v) is 1.50. The monoisotopic (exact) mass is 456 g/mol. The fourth-order valence-electron chi connectivity index (χ4n) is 0.254. The second-order valence-electron chi connectivity index (χ2n) is 1.50. The van der Waals surface area contributed by atoms with Crippen molar-refractivity contribution in [2.75, 3.05) is 6.61 Å². The highest BCUT2D eigenvalue weighted by Gasteiger charge is 1.98. The molecule has 0 fully saturated rings. The molecular formula is C7H14O2. The summed E-state index contributed by atoms with van der Waals surface area (Å²) in [6.07, 6.45) is 0. The van der Waals surface area contributed by atoms with Gasteiger partial charge in [0.2, 0.25) is 0 Å². The Kier molecular flexibility index (Phi) is 6.58. The Labute approximate surface area is 56.5 Å². The minimum atomic E-state index is -0.312. The average molecular weight is 456 g/mol. The van der Waals surface area contributed by atoms with Gasteiger partial charge >= 0.3 is 5.97 Å². The van der Waals surface area contributed by atoms with Gasteiger partial charge in [-0.25, -0.2) is 4.79 Å². The summed E-state index contributed by atoms with van der Waals surface area (Å²) in [5, 5.41) is 0. The van der Waals surface area contributed by atoms with Gasteiger partial charge in [-0.1, -0.05) is 14.0 Å². The third-order valence-corrected chi connectivity index (χ3v) is 0.624. The van der Waals surface area contributed by atoms with Crippen LogP contribution in [0.15, 0.2) is 12.2 Å². The molecule has 0 radical (unpaired) electrons. The van der Waals surface area contributed by atoms with Crippen LogP contribution in [-0.4, -0.2) is 12.6 Å². The van der Waals surface area contributed by atoms with Crippen molar-refractivity contribution in [3.8, 4) is 0 Å². The summed E-state index contributed by atoms with van der Waals surface area (Å²) in [5.74, 6) is -0.312. The number of hydrogen-bond donors (Lipinski definition) is 0. The lowest BCUT2D eigenvalue weighted by Crippen LogP contribution is -2.03. The molecule has 0 heterocycles. The highest BCUT2D eigenvalue weighted by Crippen LogP contribution is 1.89. The van der Waals surface area contributed by atoms with Crippen molar-refractivity contribution in [2.45, 2.75) is 21.3 Å². The molecule has 0 spiro atoms. The number of ether oxygens (including phenoxy) is 1. The van der Waals surface area contributed by atoms with Crippen LogP contribution in [0.25, 0.3) is 0 Å². The predicted molar refractivity (Wildman–Crippen MR) is 38.2 cm³/mol. The van der Waals surface area contributed by atoms with E-state index >= 15 is 0 Å². The molecule has 2 nitrogen and oxygen atoms in total. The fraction of sp³-hybridized carbons (Fsp3) is 0.571. The quantitative estimate of drug-likeness (QED) is 0.468. The number of hydrogen-bond acceptors (Lipinski definition) is 2. The highest BCUT2D eigenvalue weighted by atomic mass is 338. The Balaban J connectivity index is 0. The summed E-state index contributed by atoms with van der Waals surface area (Å²) in [6.45, 7) is 7.21. The van der Waals surface area contributed by atoms with Crippen LogP contribution in [0.1, 0.15) is 21.3 Å². The van der Waals surface area contributed by atoms with E-state index in [-0.39, 0.29) is 13.4 Å². The van der Waals surface area contributed by atoms with Crippen LogP contribution in [0.4, 0.5) is 0 Å². The summed E-state index contributed by atoms with van der Waals surface area (Å²) >= 11 is 0. The first kappa shape index (κ1) is 11.1. The molecule has 0 aliphatic carbocycles. The van der Waals surface area contributed by atoms with Gasteiger partial charge in [0.15, 0.2) is 0 Å². The molecule has 0 rings (SSSR count). The minimum absolute atomic E-state index is 0. The van der Waals surface area contributed by atoms with Crippen LogP contribution in [0.3, 0.4) is 0 Å². The molecule has 0 aromatic heterocycles. The topological polar surface area (TPSA) is 26.3 Å². The molecule has 0 N–H and O–H groups in total. The molecule has 0 saturated heterocycles. The molecule has 0 aliphatic rings. The first-order chi connectivity index (χ1) is 3.68. The van der Waals surface area contributed by atoms with Gasteiger partial charge in [-0.15, -0.1) is 0 Å². The lowest BCUT2D eigenvalue weighted by Gasteiger charge is -1.96. The van der Waals surface area contributed by atoms with E-state index in [4.69, 9.17) is 0 Å². The van der Waals surface area contributed by atoms with Crippen LogP contribution in [0.5, 0.6) is 0 Å². The Morgan fingerprint density at radius 1 is 1.67 bits per heavy atom. The van der Waals surface area contributed by atoms with Crippen molar-refractivity contribution in [1.29, 1.82) is 0 Å². The molecule has 0 unspecified atom stereocenters. The van der Waals surface area contributed by atoms with Crippen molar-refractivity contribution in [2.24, 2.45) is 0 Å². The predicted octanol–water partition coefficient (Wildman–Crippen LogP) is 1.76. The number of carbonyl (C=O) groups is 1. The fourth-order valence-corrected chi connectivity index (χ4v) is 0.254. The van der Waals surface area contributed by atoms with E-state index < -0.39 is 0 Å². The Hall–Kier alpha value is -0.790. The van der Waals surface area contributed by atoms with E-state index in [1.165, 1.54) is 0 Å². The van der Waals surface area contributed by atoms with E-state index in [0.717, 1.165) is 0 Å². The maximum atomic E-state index is 10.4. The maximum absolute atomic E-state index is 10.4. The van der Waals surface area contributed by atoms with E-state index in [2.05, 4.69) is 11.3 Å². The van der Waals surface area contributed by atoms with Gasteiger partial charge in [0.25, 0.3) is 0 Å². The average Bonchev–Trinajstić information content (AvgIpc) is 1.67. The van der Waals surface area contributed by atoms with Crippen LogP contribution in [0, 0.1) is 0 Å². The summed E-state index contributed by atoms with van der Waals surface area (Å²) in [6, 6.07) is 0. The van der Waals surface area contributed by atoms with Crippen LogP contribution < -0.4 is 0 Å². The van der Waals surface area contributed by atoms with E-state index in [0.29, 0.717) is 12.2 Å². The SMILES string of the molecule is C=C(C)C(=O)OCC.[338CH4]. The van der Waals surface area contributed by atoms with Crippen LogP contribution in [0.2, 0.25) is 0 Å². The second kappa shape index (κ2) is 5.35. The lowest BCUT2D eigenvalue weighted by atomic mass is 10.4. The molecular weight excluding hydrogens is 442 g/mol. The van der Waals surface area contributed by atoms with Crippen LogP contribution >= 0.6 is 0 Å². The van der Waals surface area contributed by atoms with Gasteiger partial charge in [0.1, 0.15) is 0 Å². The normalized spacial score (nSPS) is 7.33. The summed E-state index contributed by atoms with van der Waals surface area (Å²) in [5.41, 5.74) is 0.451. The Bertz CT molecular complexity index is 105. The van der Waals surface area contributed by atoms with Crippen molar-refractivity contribution in [3.05, 3.63) is 12.2 Å². The van der Waals surface area contributed by atoms with Gasteiger partial charge in [0.05, 0.1) is 6.61 Å². The third kappa shape index (κ3) is 5.07. The molecule has 2 heteroatoms. The summed E-state index contributed by atoms with van der Waals surface area (Å²) in [4.78, 5) is 10.4. The summed E-state index contributed by atoms with van der Waals surface area (Å²) < 4.78 is 4.56. The molecule has 0 aromatic rings. The largest absolute Gasteiger partial charge is 0.463 e. The summed E-state index contributed by atoms with van der Waals surface area (Å²) in [7, 11) is 0. The minimum Gasteiger partial charge on any atom is -0.463 e. The molecule has 0 aliphatic heterocycles. The van der Waals surface area contributed by atoms with Gasteiger partial charge in [-0.2, -0.15) is 0 Å². The maximum Gasteiger partial charge on any atom is 0.333 e. The zero-order chi connectivity index (χ0) is 6.57. The molecule has 0 atom stereocenters. The number of rotatable bonds is 2. The first-order valence-corrected chi connectivity index (χ1v) is 2.51. The van der Waals surface area contributed by atoms with E-state index in [1.807, 2.05) is 0 Å². The molecule has 0 saturated carbocycles. The van der Waals surface area contributed by atoms with Crippen molar-refractivity contribution in [1.82, 2.24) is 0 Å². The van der Waals surface area contributed by atoms with Gasteiger partial charge in [-0.05, 0) is 13.8 Å². The molecule has 0 aromatic carbocycles. The third-order valence-electron chi connectivity index (χ3n) is 0.624. The van der Waals surface area contributed by atoms with E-state index in [9.17, 15) is 4.79 Å². The lowest BCUT2D eigenvalue weighted by molar-refractivity contribution is -0.138. The molecule has 54 valence electrons. The smallest absolute Gasteiger partial charge is 0.333 e. The molecule has 9 heavy (non-hydrogen) atoms. The van der Waals surface area contributed by atoms with E-state index in [1.54, 1.807) is 13.8 Å². The highest BCUT2D eigenvalue weighted by molar-refractivity contribution is 5.86. The standard InChI is InChI=1S/C6H10O2.CH4/c1-4-8-6(7)5(2)3;/h2,4H2,1,3H3;1H4/i;1+74. The van der Waals surface area contributed by atoms with Crippen LogP contribution in [-0.2, 0) is 9.53 Å². The zero-order valence-electron chi connectivity index (χ0n) is 5.23. The van der Waals surface area contributed by atoms with Gasteiger partial charge in [0, 0.05) is 5.57 Å². The number of carbonyl (C=O) groups excluding carboxylic acids is 1. The Morgan fingerprint density at radius 2 is 2.11 bits per heavy atom. The van der Waals surface area contributed by atoms with Crippen molar-refractivity contribution < 1.29 is 9.53 Å². The Morgan fingerprint density at radius 3 is 2.22 bits per heavy atom. The van der Waals surface area contributed by atoms with Gasteiger partial charge in [-0.3, -0.25) is 0 Å². The number of esters is 1. The molecule has 0 amide bonds. The van der Waals surface area contributed by atoms with Crippen molar-refractivity contribution in [3.63, 3.8) is 0 Å². The van der Waals surface area contributed by atoms with Gasteiger partial charge < -0.3 is 4.74 Å². The first-order valence-electron chi connectivity index (χ1n) is 2.51. The zero-order valence-corrected chi connectivity index (χ0v) is 5.23. The van der Waals surface area contributed by atoms with Crippen molar-refractivity contribution >= 4 is 5.97 Å².